The lowest BCUT2D eigenvalue weighted by molar-refractivity contribution is 0.0505. The predicted molar refractivity (Wildman–Crippen MR) is 84.3 cm³/mol. The zero-order valence-corrected chi connectivity index (χ0v) is 13.7. The summed E-state index contributed by atoms with van der Waals surface area (Å²) in [7, 11) is -3.44. The second-order valence-corrected chi connectivity index (χ2v) is 6.93. The average molecular weight is 334 g/mol. The maximum Gasteiger partial charge on any atom is 0.338 e. The van der Waals surface area contributed by atoms with Gasteiger partial charge in [0.2, 0.25) is 10.0 Å². The maximum atomic E-state index is 11.9. The molecule has 7 heteroatoms. The van der Waals surface area contributed by atoms with E-state index in [9.17, 15) is 13.2 Å². The lowest BCUT2D eigenvalue weighted by Gasteiger charge is -2.11. The molecule has 0 bridgehead atoms. The van der Waals surface area contributed by atoms with Gasteiger partial charge in [-0.15, -0.1) is 11.6 Å². The lowest BCUT2D eigenvalue weighted by atomic mass is 10.2. The van der Waals surface area contributed by atoms with Crippen molar-refractivity contribution in [1.29, 1.82) is 0 Å². The van der Waals surface area contributed by atoms with E-state index in [1.807, 2.05) is 6.92 Å². The number of sulfonamides is 1. The van der Waals surface area contributed by atoms with Gasteiger partial charge in [0.05, 0.1) is 17.9 Å². The smallest absolute Gasteiger partial charge is 0.338 e. The number of carbonyl (C=O) groups is 1. The normalized spacial score (nSPS) is 12.7. The molecule has 0 radical (unpaired) electrons. The summed E-state index contributed by atoms with van der Waals surface area (Å²) in [6.45, 7) is 4.04. The largest absolute Gasteiger partial charge is 0.462 e. The Morgan fingerprint density at radius 1 is 1.33 bits per heavy atom. The summed E-state index contributed by atoms with van der Waals surface area (Å²) in [5, 5.41) is 0. The fourth-order valence-corrected chi connectivity index (χ4v) is 3.28. The van der Waals surface area contributed by atoms with Crippen LogP contribution in [0.15, 0.2) is 24.3 Å². The number of ether oxygens (including phenoxy) is 1. The standard InChI is InChI=1S/C14H20ClNO4S/c1-3-8-20-14(17)12-4-6-13(7-5-12)16-21(18,19)10-11(2)9-15/h4-7,11,16H,3,8-10H2,1-2H3. The summed E-state index contributed by atoms with van der Waals surface area (Å²) in [6.07, 6.45) is 0.752. The first kappa shape index (κ1) is 17.8. The number of esters is 1. The van der Waals surface area contributed by atoms with Crippen LogP contribution in [0.5, 0.6) is 0 Å². The Balaban J connectivity index is 2.68. The number of nitrogens with one attached hydrogen (secondary N) is 1. The molecule has 0 amide bonds. The second kappa shape index (κ2) is 8.24. The van der Waals surface area contributed by atoms with Gasteiger partial charge in [-0.2, -0.15) is 0 Å². The molecule has 0 aromatic heterocycles. The molecule has 5 nitrogen and oxygen atoms in total. The van der Waals surface area contributed by atoms with Gasteiger partial charge >= 0.3 is 5.97 Å². The third-order valence-electron chi connectivity index (χ3n) is 2.60. The third-order valence-corrected chi connectivity index (χ3v) is 4.68. The van der Waals surface area contributed by atoms with Crippen molar-refractivity contribution in [1.82, 2.24) is 0 Å². The molecule has 0 spiro atoms. The molecule has 1 unspecified atom stereocenters. The van der Waals surface area contributed by atoms with E-state index < -0.39 is 16.0 Å². The van der Waals surface area contributed by atoms with Crippen molar-refractivity contribution in [3.05, 3.63) is 29.8 Å². The molecule has 0 saturated carbocycles. The summed E-state index contributed by atoms with van der Waals surface area (Å²) in [6, 6.07) is 6.12. The molecule has 118 valence electrons. The molecule has 0 aliphatic rings. The molecule has 0 fully saturated rings. The van der Waals surface area contributed by atoms with Crippen LogP contribution in [0, 0.1) is 5.92 Å². The van der Waals surface area contributed by atoms with E-state index in [1.54, 1.807) is 6.92 Å². The maximum absolute atomic E-state index is 11.9. The number of hydrogen-bond acceptors (Lipinski definition) is 4. The molecule has 0 saturated heterocycles. The summed E-state index contributed by atoms with van der Waals surface area (Å²) in [5.74, 6) is -0.311. The van der Waals surface area contributed by atoms with Gasteiger partial charge in [0.1, 0.15) is 0 Å². The van der Waals surface area contributed by atoms with Gasteiger partial charge in [0, 0.05) is 11.6 Å². The van der Waals surface area contributed by atoms with Gasteiger partial charge in [-0.1, -0.05) is 13.8 Å². The van der Waals surface area contributed by atoms with Crippen molar-refractivity contribution >= 4 is 33.3 Å². The zero-order chi connectivity index (χ0) is 15.9. The molecule has 1 N–H and O–H groups in total. The van der Waals surface area contributed by atoms with Gasteiger partial charge in [0.25, 0.3) is 0 Å². The van der Waals surface area contributed by atoms with E-state index >= 15 is 0 Å². The molecule has 0 aliphatic heterocycles. The topological polar surface area (TPSA) is 72.5 Å². The van der Waals surface area contributed by atoms with Gasteiger partial charge < -0.3 is 4.74 Å². The van der Waals surface area contributed by atoms with Crippen LogP contribution < -0.4 is 4.72 Å². The molecule has 21 heavy (non-hydrogen) atoms. The number of alkyl halides is 1. The quantitative estimate of drug-likeness (QED) is 0.586. The Bertz CT molecular complexity index is 557. The Kier molecular flexibility index (Phi) is 6.98. The van der Waals surface area contributed by atoms with Crippen LogP contribution in [-0.4, -0.2) is 32.6 Å². The minimum Gasteiger partial charge on any atom is -0.462 e. The highest BCUT2D eigenvalue weighted by atomic mass is 35.5. The summed E-state index contributed by atoms with van der Waals surface area (Å²) < 4.78 is 31.2. The number of benzene rings is 1. The highest BCUT2D eigenvalue weighted by Crippen LogP contribution is 2.14. The summed E-state index contributed by atoms with van der Waals surface area (Å²) >= 11 is 5.61. The summed E-state index contributed by atoms with van der Waals surface area (Å²) in [5.41, 5.74) is 0.796. The first-order valence-corrected chi connectivity index (χ1v) is 8.90. The van der Waals surface area contributed by atoms with Crippen molar-refractivity contribution in [2.45, 2.75) is 20.3 Å². The van der Waals surface area contributed by atoms with Crippen molar-refractivity contribution in [2.75, 3.05) is 23.0 Å². The monoisotopic (exact) mass is 333 g/mol. The van der Waals surface area contributed by atoms with Gasteiger partial charge in [0.15, 0.2) is 0 Å². The van der Waals surface area contributed by atoms with Crippen LogP contribution in [0.4, 0.5) is 5.69 Å². The molecule has 1 atom stereocenters. The third kappa shape index (κ3) is 6.35. The van der Waals surface area contributed by atoms with E-state index in [0.29, 0.717) is 17.9 Å². The molecular weight excluding hydrogens is 314 g/mol. The van der Waals surface area contributed by atoms with E-state index in [1.165, 1.54) is 24.3 Å². The van der Waals surface area contributed by atoms with Crippen LogP contribution in [0.3, 0.4) is 0 Å². The summed E-state index contributed by atoms with van der Waals surface area (Å²) in [4.78, 5) is 11.6. The Labute approximate surface area is 130 Å². The molecule has 1 rings (SSSR count). The van der Waals surface area contributed by atoms with E-state index in [0.717, 1.165) is 6.42 Å². The van der Waals surface area contributed by atoms with Gasteiger partial charge in [-0.3, -0.25) is 4.72 Å². The van der Waals surface area contributed by atoms with Crippen LogP contribution in [-0.2, 0) is 14.8 Å². The average Bonchev–Trinajstić information content (AvgIpc) is 2.44. The first-order chi connectivity index (χ1) is 9.88. The van der Waals surface area contributed by atoms with Crippen LogP contribution in [0.2, 0.25) is 0 Å². The minimum atomic E-state index is -3.44. The highest BCUT2D eigenvalue weighted by molar-refractivity contribution is 7.92. The molecule has 0 heterocycles. The van der Waals surface area contributed by atoms with Crippen molar-refractivity contribution in [3.8, 4) is 0 Å². The Hall–Kier alpha value is -1.27. The van der Waals surface area contributed by atoms with Crippen LogP contribution >= 0.6 is 11.6 Å². The number of anilines is 1. The molecule has 1 aromatic carbocycles. The highest BCUT2D eigenvalue weighted by Gasteiger charge is 2.15. The zero-order valence-electron chi connectivity index (χ0n) is 12.1. The SMILES string of the molecule is CCCOC(=O)c1ccc(NS(=O)(=O)CC(C)CCl)cc1. The van der Waals surface area contributed by atoms with E-state index in [-0.39, 0.29) is 17.6 Å². The van der Waals surface area contributed by atoms with Crippen molar-refractivity contribution < 1.29 is 17.9 Å². The van der Waals surface area contributed by atoms with E-state index in [4.69, 9.17) is 16.3 Å². The fourth-order valence-electron chi connectivity index (χ4n) is 1.59. The molecular formula is C14H20ClNO4S. The Morgan fingerprint density at radius 2 is 1.95 bits per heavy atom. The number of hydrogen-bond donors (Lipinski definition) is 1. The Morgan fingerprint density at radius 3 is 2.48 bits per heavy atom. The van der Waals surface area contributed by atoms with Crippen molar-refractivity contribution in [3.63, 3.8) is 0 Å². The minimum absolute atomic E-state index is 0.0448. The molecule has 1 aromatic rings. The lowest BCUT2D eigenvalue weighted by Crippen LogP contribution is -2.22. The number of rotatable bonds is 8. The number of halogens is 1. The van der Waals surface area contributed by atoms with Crippen LogP contribution in [0.25, 0.3) is 0 Å². The van der Waals surface area contributed by atoms with Crippen LogP contribution in [0.1, 0.15) is 30.6 Å². The molecule has 0 aliphatic carbocycles. The van der Waals surface area contributed by atoms with E-state index in [2.05, 4.69) is 4.72 Å². The van der Waals surface area contributed by atoms with Crippen molar-refractivity contribution in [2.24, 2.45) is 5.92 Å². The van der Waals surface area contributed by atoms with Gasteiger partial charge in [-0.25, -0.2) is 13.2 Å². The van der Waals surface area contributed by atoms with Gasteiger partial charge in [-0.05, 0) is 36.6 Å². The second-order valence-electron chi connectivity index (χ2n) is 4.86. The predicted octanol–water partition coefficient (Wildman–Crippen LogP) is 2.87. The fraction of sp³-hybridized carbons (Fsp3) is 0.500. The first-order valence-electron chi connectivity index (χ1n) is 6.71. The number of carbonyl (C=O) groups excluding carboxylic acids is 1.